The molecule has 0 unspecified atom stereocenters. The fraction of sp³-hybridized carbons (Fsp3) is 0.312. The maximum absolute atomic E-state index is 4.79. The molecule has 0 aliphatic heterocycles. The Labute approximate surface area is 130 Å². The molecule has 2 heterocycles. The number of halogens is 1. The van der Waals surface area contributed by atoms with Crippen molar-refractivity contribution in [2.75, 3.05) is 0 Å². The van der Waals surface area contributed by atoms with Gasteiger partial charge in [0.15, 0.2) is 4.96 Å². The van der Waals surface area contributed by atoms with Crippen LogP contribution in [0, 0.1) is 6.92 Å². The Morgan fingerprint density at radius 3 is 2.70 bits per heavy atom. The molecular formula is C16H15BrN2S. The minimum absolute atomic E-state index is 1.12. The number of hydrogen-bond donors (Lipinski definition) is 0. The highest BCUT2D eigenvalue weighted by Gasteiger charge is 2.21. The zero-order chi connectivity index (χ0) is 13.7. The van der Waals surface area contributed by atoms with Crippen LogP contribution in [0.3, 0.4) is 0 Å². The molecule has 3 aromatic rings. The van der Waals surface area contributed by atoms with E-state index in [1.807, 2.05) is 11.3 Å². The summed E-state index contributed by atoms with van der Waals surface area (Å²) in [7, 11) is 0. The van der Waals surface area contributed by atoms with Crippen molar-refractivity contribution in [3.8, 4) is 11.3 Å². The molecule has 1 aliphatic carbocycles. The molecule has 4 rings (SSSR count). The van der Waals surface area contributed by atoms with E-state index in [0.717, 1.165) is 15.1 Å². The van der Waals surface area contributed by atoms with Gasteiger partial charge in [0, 0.05) is 20.6 Å². The van der Waals surface area contributed by atoms with Crippen molar-refractivity contribution in [2.24, 2.45) is 0 Å². The second kappa shape index (κ2) is 4.71. The van der Waals surface area contributed by atoms with Crippen LogP contribution in [0.15, 0.2) is 28.7 Å². The Kier molecular flexibility index (Phi) is 2.97. The molecule has 0 saturated heterocycles. The van der Waals surface area contributed by atoms with Gasteiger partial charge >= 0.3 is 0 Å². The van der Waals surface area contributed by atoms with Gasteiger partial charge in [0.2, 0.25) is 0 Å². The lowest BCUT2D eigenvalue weighted by molar-refractivity contribution is 0.675. The van der Waals surface area contributed by atoms with Gasteiger partial charge in [-0.25, -0.2) is 4.98 Å². The summed E-state index contributed by atoms with van der Waals surface area (Å²) in [5.74, 6) is 0. The van der Waals surface area contributed by atoms with Crippen LogP contribution >= 0.6 is 27.3 Å². The highest BCUT2D eigenvalue weighted by atomic mass is 79.9. The molecule has 2 aromatic heterocycles. The topological polar surface area (TPSA) is 17.3 Å². The summed E-state index contributed by atoms with van der Waals surface area (Å²) in [6.07, 6.45) is 5.04. The van der Waals surface area contributed by atoms with Gasteiger partial charge in [0.05, 0.1) is 11.4 Å². The van der Waals surface area contributed by atoms with Crippen molar-refractivity contribution >= 4 is 32.2 Å². The van der Waals surface area contributed by atoms with Gasteiger partial charge in [0.1, 0.15) is 0 Å². The Bertz CT molecular complexity index is 783. The second-order valence-electron chi connectivity index (χ2n) is 5.35. The molecule has 0 radical (unpaired) electrons. The fourth-order valence-electron chi connectivity index (χ4n) is 3.09. The number of nitrogens with zero attached hydrogens (tertiary/aromatic N) is 2. The third-order valence-electron chi connectivity index (χ3n) is 4.01. The summed E-state index contributed by atoms with van der Waals surface area (Å²) in [4.78, 5) is 7.49. The maximum Gasteiger partial charge on any atom is 0.194 e. The van der Waals surface area contributed by atoms with E-state index in [2.05, 4.69) is 51.5 Å². The molecule has 2 nitrogen and oxygen atoms in total. The van der Waals surface area contributed by atoms with Crippen molar-refractivity contribution < 1.29 is 0 Å². The number of aromatic nitrogens is 2. The monoisotopic (exact) mass is 346 g/mol. The van der Waals surface area contributed by atoms with Gasteiger partial charge in [0.25, 0.3) is 0 Å². The third-order valence-corrected chi connectivity index (χ3v) is 5.68. The van der Waals surface area contributed by atoms with E-state index in [0.29, 0.717) is 0 Å². The van der Waals surface area contributed by atoms with Crippen LogP contribution in [0.2, 0.25) is 0 Å². The highest BCUT2D eigenvalue weighted by Crippen LogP contribution is 2.35. The van der Waals surface area contributed by atoms with E-state index in [9.17, 15) is 0 Å². The number of aryl methyl sites for hydroxylation is 3. The highest BCUT2D eigenvalue weighted by molar-refractivity contribution is 9.10. The quantitative estimate of drug-likeness (QED) is 0.605. The first-order valence-electron chi connectivity index (χ1n) is 6.99. The molecule has 20 heavy (non-hydrogen) atoms. The number of imidazole rings is 1. The molecule has 1 aliphatic rings. The van der Waals surface area contributed by atoms with E-state index in [4.69, 9.17) is 4.98 Å². The maximum atomic E-state index is 4.79. The lowest BCUT2D eigenvalue weighted by Crippen LogP contribution is -2.03. The van der Waals surface area contributed by atoms with Gasteiger partial charge < -0.3 is 0 Å². The van der Waals surface area contributed by atoms with Gasteiger partial charge in [-0.3, -0.25) is 4.40 Å². The van der Waals surface area contributed by atoms with E-state index in [1.54, 1.807) is 0 Å². The van der Waals surface area contributed by atoms with Crippen molar-refractivity contribution in [3.05, 3.63) is 45.0 Å². The first kappa shape index (κ1) is 12.6. The summed E-state index contributed by atoms with van der Waals surface area (Å²) in [6, 6.07) is 8.56. The van der Waals surface area contributed by atoms with Crippen LogP contribution < -0.4 is 0 Å². The molecule has 0 amide bonds. The smallest absolute Gasteiger partial charge is 0.194 e. The Morgan fingerprint density at radius 1 is 1.15 bits per heavy atom. The number of benzene rings is 1. The molecule has 0 saturated carbocycles. The van der Waals surface area contributed by atoms with Crippen LogP contribution in [-0.2, 0) is 12.8 Å². The molecule has 0 fully saturated rings. The normalized spacial score (nSPS) is 14.7. The van der Waals surface area contributed by atoms with Gasteiger partial charge in [-0.05, 0) is 44.7 Å². The van der Waals surface area contributed by atoms with E-state index < -0.39 is 0 Å². The predicted octanol–water partition coefficient (Wildman–Crippen LogP) is 5.01. The minimum atomic E-state index is 1.12. The van der Waals surface area contributed by atoms with Crippen molar-refractivity contribution in [2.45, 2.75) is 32.6 Å². The molecule has 0 bridgehead atoms. The zero-order valence-corrected chi connectivity index (χ0v) is 13.7. The van der Waals surface area contributed by atoms with Gasteiger partial charge in [-0.15, -0.1) is 11.3 Å². The summed E-state index contributed by atoms with van der Waals surface area (Å²) < 4.78 is 3.52. The number of fused-ring (bicyclic) bond motifs is 3. The summed E-state index contributed by atoms with van der Waals surface area (Å²) >= 11 is 5.38. The Balaban J connectivity index is 2.00. The molecule has 0 atom stereocenters. The second-order valence-corrected chi connectivity index (χ2v) is 7.33. The minimum Gasteiger partial charge on any atom is -0.287 e. The van der Waals surface area contributed by atoms with Crippen LogP contribution in [-0.4, -0.2) is 9.38 Å². The van der Waals surface area contributed by atoms with Crippen LogP contribution in [0.4, 0.5) is 0 Å². The standard InChI is InChI=1S/C16H15BrN2S/c1-10-15(11-6-8-12(17)9-7-11)19-13-4-2-3-5-14(13)20-16(19)18-10/h6-9H,2-5H2,1H3. The van der Waals surface area contributed by atoms with Crippen LogP contribution in [0.25, 0.3) is 16.2 Å². The lowest BCUT2D eigenvalue weighted by atomic mass is 10.0. The largest absolute Gasteiger partial charge is 0.287 e. The first-order valence-corrected chi connectivity index (χ1v) is 8.60. The molecule has 1 aromatic carbocycles. The van der Waals surface area contributed by atoms with Crippen molar-refractivity contribution in [3.63, 3.8) is 0 Å². The lowest BCUT2D eigenvalue weighted by Gasteiger charge is -2.12. The van der Waals surface area contributed by atoms with Crippen LogP contribution in [0.1, 0.15) is 29.1 Å². The van der Waals surface area contributed by atoms with Crippen molar-refractivity contribution in [1.82, 2.24) is 9.38 Å². The number of thiazole rings is 1. The van der Waals surface area contributed by atoms with Gasteiger partial charge in [-0.1, -0.05) is 28.1 Å². The molecular weight excluding hydrogens is 332 g/mol. The molecule has 4 heteroatoms. The molecule has 0 spiro atoms. The average molecular weight is 347 g/mol. The average Bonchev–Trinajstić information content (AvgIpc) is 2.94. The number of hydrogen-bond acceptors (Lipinski definition) is 2. The first-order chi connectivity index (χ1) is 9.74. The third kappa shape index (κ3) is 1.85. The summed E-state index contributed by atoms with van der Waals surface area (Å²) in [5, 5.41) is 0. The van der Waals surface area contributed by atoms with Crippen molar-refractivity contribution in [1.29, 1.82) is 0 Å². The van der Waals surface area contributed by atoms with E-state index in [-0.39, 0.29) is 0 Å². The summed E-state index contributed by atoms with van der Waals surface area (Å²) in [6.45, 7) is 2.12. The molecule has 0 N–H and O–H groups in total. The fourth-order valence-corrected chi connectivity index (χ4v) is 4.60. The summed E-state index contributed by atoms with van der Waals surface area (Å²) in [5.41, 5.74) is 5.15. The Morgan fingerprint density at radius 2 is 1.90 bits per heavy atom. The molecule has 102 valence electrons. The Hall–Kier alpha value is -1.13. The van der Waals surface area contributed by atoms with Crippen LogP contribution in [0.5, 0.6) is 0 Å². The zero-order valence-electron chi connectivity index (χ0n) is 11.3. The SMILES string of the molecule is Cc1nc2sc3c(n2c1-c1ccc(Br)cc1)CCCC3. The van der Waals surface area contributed by atoms with E-state index in [1.165, 1.54) is 47.5 Å². The predicted molar refractivity (Wildman–Crippen MR) is 87.6 cm³/mol. The van der Waals surface area contributed by atoms with Gasteiger partial charge in [-0.2, -0.15) is 0 Å². The number of rotatable bonds is 1. The van der Waals surface area contributed by atoms with E-state index >= 15 is 0 Å².